The molecule has 1 nitrogen and oxygen atoms in total. The van der Waals surface area contributed by atoms with Gasteiger partial charge in [-0.25, -0.2) is 0 Å². The van der Waals surface area contributed by atoms with E-state index in [2.05, 4.69) is 15.9 Å². The van der Waals surface area contributed by atoms with E-state index in [1.807, 2.05) is 0 Å². The molecular weight excluding hydrogens is 238 g/mol. The summed E-state index contributed by atoms with van der Waals surface area (Å²) >= 11 is 2.80. The molecule has 0 radical (unpaired) electrons. The molecule has 1 heterocycles. The normalized spacial score (nSPS) is 59.6. The summed E-state index contributed by atoms with van der Waals surface area (Å²) in [4.78, 5) is -0.256. The van der Waals surface area contributed by atoms with Gasteiger partial charge >= 0.3 is 0 Å². The molecule has 0 amide bonds. The molecule has 1 aromatic rings. The maximum Gasteiger partial charge on any atom is 0.0657 e. The van der Waals surface area contributed by atoms with E-state index < -0.39 is 72.8 Å². The first-order chi connectivity index (χ1) is 13.0. The van der Waals surface area contributed by atoms with E-state index in [-0.39, 0.29) is 4.90 Å². The summed E-state index contributed by atoms with van der Waals surface area (Å²) in [5, 5.41) is 0. The standard InChI is InChI=1S/C12H16BrN/c1-10-4-3-7-14(9-10)12-6-2-5-11(13)8-12/h2,5-6,8,10H,3-4,7,9H2,1H3/i1D3,2D,3D2,4D2,5D,6D,7D2,8D,9D2,10D. The zero-order valence-electron chi connectivity index (χ0n) is 22.8. The van der Waals surface area contributed by atoms with Gasteiger partial charge in [0.25, 0.3) is 0 Å². The molecule has 0 N–H and O–H groups in total. The van der Waals surface area contributed by atoms with E-state index in [1.165, 1.54) is 0 Å². The average Bonchev–Trinajstić information content (AvgIpc) is 2.58. The Labute approximate surface area is 117 Å². The highest BCUT2D eigenvalue weighted by molar-refractivity contribution is 9.10. The summed E-state index contributed by atoms with van der Waals surface area (Å²) in [6, 6.07) is -3.55. The zero-order valence-corrected chi connectivity index (χ0v) is 8.41. The van der Waals surface area contributed by atoms with Crippen LogP contribution in [0.1, 0.15) is 41.5 Å². The fraction of sp³-hybridized carbons (Fsp3) is 0.500. The summed E-state index contributed by atoms with van der Waals surface area (Å²) < 4.78 is 127. The van der Waals surface area contributed by atoms with Crippen molar-refractivity contribution in [1.29, 1.82) is 0 Å². The minimum Gasteiger partial charge on any atom is -0.371 e. The molecule has 1 aromatic carbocycles. The first-order valence-corrected chi connectivity index (χ1v) is 4.40. The van der Waals surface area contributed by atoms with Gasteiger partial charge in [-0.05, 0) is 36.8 Å². The fourth-order valence-electron chi connectivity index (χ4n) is 0.849. The lowest BCUT2D eigenvalue weighted by atomic mass is 10.00. The Kier molecular flexibility index (Phi) is 0.704. The number of benzene rings is 1. The van der Waals surface area contributed by atoms with Gasteiger partial charge in [0.15, 0.2) is 0 Å². The van der Waals surface area contributed by atoms with Gasteiger partial charge in [-0.15, -0.1) is 0 Å². The zero-order chi connectivity index (χ0) is 24.0. The van der Waals surface area contributed by atoms with E-state index in [4.69, 9.17) is 21.9 Å². The second-order valence-corrected chi connectivity index (χ2v) is 3.14. The van der Waals surface area contributed by atoms with E-state index in [0.29, 0.717) is 0 Å². The predicted octanol–water partition coefficient (Wildman–Crippen LogP) is 3.69. The predicted molar refractivity (Wildman–Crippen MR) is 64.8 cm³/mol. The fourth-order valence-corrected chi connectivity index (χ4v) is 1.14. The van der Waals surface area contributed by atoms with Crippen molar-refractivity contribution in [1.82, 2.24) is 0 Å². The Bertz CT molecular complexity index is 862. The molecule has 14 heavy (non-hydrogen) atoms. The molecule has 0 aromatic heterocycles. The van der Waals surface area contributed by atoms with Crippen molar-refractivity contribution in [3.63, 3.8) is 0 Å². The van der Waals surface area contributed by atoms with Crippen LogP contribution in [0, 0.1) is 5.89 Å². The third-order valence-electron chi connectivity index (χ3n) is 1.38. The molecule has 0 bridgehead atoms. The summed E-state index contributed by atoms with van der Waals surface area (Å²) in [6.45, 7) is -11.4. The molecule has 1 saturated heterocycles. The van der Waals surface area contributed by atoms with Gasteiger partial charge in [-0.1, -0.05) is 28.8 Å². The molecule has 0 spiro atoms. The van der Waals surface area contributed by atoms with Crippen LogP contribution in [0.25, 0.3) is 0 Å². The largest absolute Gasteiger partial charge is 0.371 e. The first-order valence-electron chi connectivity index (χ1n) is 11.6. The Morgan fingerprint density at radius 1 is 1.79 bits per heavy atom. The number of piperidine rings is 1. The number of anilines is 1. The van der Waals surface area contributed by atoms with Gasteiger partial charge in [-0.3, -0.25) is 0 Å². The van der Waals surface area contributed by atoms with Crippen LogP contribution in [0.5, 0.6) is 0 Å². The SMILES string of the molecule is [2H]c1c([2H])c(Br)c([2H])c(N2C([2H])([2H])C([2H])([2H])C([2H])([2H])C([2H])(C([2H])([2H])[2H])C2([2H])[2H])c1[2H]. The van der Waals surface area contributed by atoms with Crippen molar-refractivity contribution in [3.8, 4) is 0 Å². The number of nitrogens with zero attached hydrogens (tertiary/aromatic N) is 1. The number of rotatable bonds is 1. The monoisotopic (exact) mass is 269 g/mol. The Morgan fingerprint density at radius 2 is 2.71 bits per heavy atom. The van der Waals surface area contributed by atoms with Crippen molar-refractivity contribution < 1.29 is 21.9 Å². The molecule has 1 unspecified atom stereocenters. The minimum atomic E-state index is -3.92. The maximum absolute atomic E-state index is 8.31. The molecule has 2 rings (SSSR count). The van der Waals surface area contributed by atoms with Gasteiger partial charge in [0.2, 0.25) is 0 Å². The third-order valence-corrected chi connectivity index (χ3v) is 1.78. The van der Waals surface area contributed by atoms with Gasteiger partial charge in [0.1, 0.15) is 0 Å². The van der Waals surface area contributed by atoms with Gasteiger partial charge < -0.3 is 4.90 Å². The van der Waals surface area contributed by atoms with E-state index >= 15 is 0 Å². The topological polar surface area (TPSA) is 3.24 Å². The van der Waals surface area contributed by atoms with Crippen molar-refractivity contribution in [2.75, 3.05) is 17.9 Å². The quantitative estimate of drug-likeness (QED) is 0.752. The van der Waals surface area contributed by atoms with Crippen LogP contribution >= 0.6 is 15.9 Å². The van der Waals surface area contributed by atoms with Crippen LogP contribution in [-0.2, 0) is 0 Å². The second-order valence-electron chi connectivity index (χ2n) is 2.35. The Hall–Kier alpha value is -0.500. The maximum atomic E-state index is 8.31. The first kappa shape index (κ1) is 2.27. The van der Waals surface area contributed by atoms with Crippen LogP contribution in [0.3, 0.4) is 0 Å². The minimum absolute atomic E-state index is 0.256. The van der Waals surface area contributed by atoms with Crippen LogP contribution < -0.4 is 4.90 Å². The van der Waals surface area contributed by atoms with Crippen LogP contribution in [-0.4, -0.2) is 13.0 Å². The van der Waals surface area contributed by atoms with Crippen LogP contribution in [0.15, 0.2) is 28.6 Å². The summed E-state index contributed by atoms with van der Waals surface area (Å²) in [7, 11) is 0. The highest BCUT2D eigenvalue weighted by Gasteiger charge is 2.16. The molecule has 2 heteroatoms. The smallest absolute Gasteiger partial charge is 0.0657 e. The number of hydrogen-bond donors (Lipinski definition) is 0. The molecule has 1 fully saturated rings. The van der Waals surface area contributed by atoms with Crippen molar-refractivity contribution in [3.05, 3.63) is 28.6 Å². The molecule has 1 atom stereocenters. The summed E-state index contributed by atoms with van der Waals surface area (Å²) in [5.74, 6) is -3.92. The van der Waals surface area contributed by atoms with Crippen molar-refractivity contribution >= 4 is 21.6 Å². The number of halogens is 1. The lowest BCUT2D eigenvalue weighted by molar-refractivity contribution is 0.447. The molecule has 1 aliphatic rings. The average molecular weight is 270 g/mol. The summed E-state index contributed by atoms with van der Waals surface area (Å²) in [6.07, 6.45) is -7.73. The molecular formula is C12H16BrN. The summed E-state index contributed by atoms with van der Waals surface area (Å²) in [5.41, 5.74) is -1.09. The van der Waals surface area contributed by atoms with Crippen molar-refractivity contribution in [2.24, 2.45) is 5.89 Å². The van der Waals surface area contributed by atoms with Gasteiger partial charge in [0.05, 0.1) is 5.48 Å². The Balaban J connectivity index is 3.12. The highest BCUT2D eigenvalue weighted by atomic mass is 79.9. The van der Waals surface area contributed by atoms with Crippen LogP contribution in [0.4, 0.5) is 5.69 Å². The van der Waals surface area contributed by atoms with Crippen LogP contribution in [0.2, 0.25) is 0 Å². The lowest BCUT2D eigenvalue weighted by Crippen LogP contribution is -2.34. The second kappa shape index (κ2) is 4.35. The number of hydrogen-bond acceptors (Lipinski definition) is 1. The molecule has 0 saturated carbocycles. The van der Waals surface area contributed by atoms with E-state index in [1.54, 1.807) is 0 Å². The van der Waals surface area contributed by atoms with Gasteiger partial charge in [0, 0.05) is 39.6 Å². The highest BCUT2D eigenvalue weighted by Crippen LogP contribution is 2.25. The third kappa shape index (κ3) is 2.30. The Morgan fingerprint density at radius 3 is 3.57 bits per heavy atom. The van der Waals surface area contributed by atoms with Gasteiger partial charge in [-0.2, -0.15) is 0 Å². The van der Waals surface area contributed by atoms with E-state index in [9.17, 15) is 0 Å². The molecule has 76 valence electrons. The molecule has 0 aliphatic carbocycles. The molecule has 1 aliphatic heterocycles. The lowest BCUT2D eigenvalue weighted by Gasteiger charge is -2.32. The van der Waals surface area contributed by atoms with Crippen molar-refractivity contribution in [2.45, 2.75) is 19.6 Å². The van der Waals surface area contributed by atoms with E-state index in [0.717, 1.165) is 0 Å².